The van der Waals surface area contributed by atoms with Gasteiger partial charge in [0.05, 0.1) is 22.0 Å². The first kappa shape index (κ1) is 27.1. The average molecular weight is 560 g/mol. The van der Waals surface area contributed by atoms with Gasteiger partial charge in [-0.25, -0.2) is 9.78 Å². The molecule has 0 radical (unpaired) electrons. The number of carboxylic acid groups (broad SMARTS) is 1. The first-order valence-corrected chi connectivity index (χ1v) is 13.8. The number of aliphatic carboxylic acids is 1. The minimum Gasteiger partial charge on any atom is -0.479 e. The first-order chi connectivity index (χ1) is 18.4. The van der Waals surface area contributed by atoms with E-state index in [4.69, 9.17) is 21.3 Å². The standard InChI is InChI=1S/C31H30ClN3O3S/c1-17-14-24-28(39-29(34-24)21-9-7-8-20(15-21)23-16-33-35(6)18(23)2)26(19-10-12-22(32)13-11-19)25(17)27(30(36)37)38-31(3,4)5/h7-16,27H,1-6H3,(H,36,37). The van der Waals surface area contributed by atoms with E-state index < -0.39 is 17.7 Å². The molecule has 0 aliphatic heterocycles. The van der Waals surface area contributed by atoms with Crippen LogP contribution in [0.5, 0.6) is 0 Å². The van der Waals surface area contributed by atoms with Gasteiger partial charge in [0.2, 0.25) is 0 Å². The monoisotopic (exact) mass is 559 g/mol. The highest BCUT2D eigenvalue weighted by Gasteiger charge is 2.32. The predicted molar refractivity (Wildman–Crippen MR) is 158 cm³/mol. The van der Waals surface area contributed by atoms with Crippen molar-refractivity contribution < 1.29 is 14.6 Å². The van der Waals surface area contributed by atoms with Gasteiger partial charge in [0.1, 0.15) is 5.01 Å². The molecule has 3 aromatic carbocycles. The van der Waals surface area contributed by atoms with E-state index in [1.165, 1.54) is 0 Å². The van der Waals surface area contributed by atoms with Crippen molar-refractivity contribution in [3.8, 4) is 32.8 Å². The van der Waals surface area contributed by atoms with Gasteiger partial charge in [-0.1, -0.05) is 41.9 Å². The lowest BCUT2D eigenvalue weighted by Gasteiger charge is -2.28. The van der Waals surface area contributed by atoms with E-state index >= 15 is 0 Å². The van der Waals surface area contributed by atoms with Gasteiger partial charge in [-0.05, 0) is 75.6 Å². The Bertz CT molecular complexity index is 1700. The Hall–Kier alpha value is -3.52. The highest BCUT2D eigenvalue weighted by Crippen LogP contribution is 2.44. The van der Waals surface area contributed by atoms with Crippen LogP contribution in [0.2, 0.25) is 5.02 Å². The largest absolute Gasteiger partial charge is 0.479 e. The first-order valence-electron chi connectivity index (χ1n) is 12.6. The molecule has 2 heterocycles. The molecule has 0 saturated carbocycles. The van der Waals surface area contributed by atoms with Crippen LogP contribution in [-0.2, 0) is 16.6 Å². The molecule has 1 unspecified atom stereocenters. The van der Waals surface area contributed by atoms with Gasteiger partial charge in [-0.3, -0.25) is 4.68 Å². The van der Waals surface area contributed by atoms with Crippen molar-refractivity contribution in [2.45, 2.75) is 46.3 Å². The number of aromatic nitrogens is 3. The zero-order valence-electron chi connectivity index (χ0n) is 22.7. The number of thiazole rings is 1. The molecule has 5 rings (SSSR count). The number of carboxylic acids is 1. The van der Waals surface area contributed by atoms with E-state index in [1.807, 2.05) is 95.0 Å². The van der Waals surface area contributed by atoms with Crippen molar-refractivity contribution in [2.24, 2.45) is 7.05 Å². The summed E-state index contributed by atoms with van der Waals surface area (Å²) in [7, 11) is 1.93. The molecule has 0 aliphatic rings. The zero-order valence-corrected chi connectivity index (χ0v) is 24.3. The van der Waals surface area contributed by atoms with Crippen molar-refractivity contribution in [3.05, 3.63) is 82.6 Å². The summed E-state index contributed by atoms with van der Waals surface area (Å²) < 4.78 is 8.89. The molecule has 0 saturated heterocycles. The molecular weight excluding hydrogens is 530 g/mol. The Labute approximate surface area is 236 Å². The lowest BCUT2D eigenvalue weighted by molar-refractivity contribution is -0.160. The number of halogens is 1. The summed E-state index contributed by atoms with van der Waals surface area (Å²) in [5.74, 6) is -1.04. The van der Waals surface area contributed by atoms with Crippen LogP contribution in [0.15, 0.2) is 60.8 Å². The summed E-state index contributed by atoms with van der Waals surface area (Å²) >= 11 is 7.76. The number of carbonyl (C=O) groups is 1. The minimum absolute atomic E-state index is 0.609. The Balaban J connectivity index is 1.74. The number of hydrogen-bond donors (Lipinski definition) is 1. The van der Waals surface area contributed by atoms with Crippen LogP contribution in [0.1, 0.15) is 43.7 Å². The van der Waals surface area contributed by atoms with Crippen LogP contribution >= 0.6 is 22.9 Å². The van der Waals surface area contributed by atoms with E-state index in [0.29, 0.717) is 10.6 Å². The second-order valence-corrected chi connectivity index (χ2v) is 12.1. The molecule has 1 atom stereocenters. The summed E-state index contributed by atoms with van der Waals surface area (Å²) in [5, 5.41) is 16.1. The Kier molecular flexibility index (Phi) is 7.10. The summed E-state index contributed by atoms with van der Waals surface area (Å²) in [6.07, 6.45) is 0.727. The smallest absolute Gasteiger partial charge is 0.337 e. The summed E-state index contributed by atoms with van der Waals surface area (Å²) in [5.41, 5.74) is 7.46. The third-order valence-corrected chi connectivity index (χ3v) is 8.06. The Morgan fingerprint density at radius 2 is 1.74 bits per heavy atom. The molecule has 0 bridgehead atoms. The molecule has 1 N–H and O–H groups in total. The molecule has 8 heteroatoms. The van der Waals surface area contributed by atoms with Gasteiger partial charge in [-0.15, -0.1) is 11.3 Å². The number of aryl methyl sites for hydroxylation is 2. The number of fused-ring (bicyclic) bond motifs is 1. The van der Waals surface area contributed by atoms with Crippen molar-refractivity contribution >= 4 is 39.1 Å². The topological polar surface area (TPSA) is 77.2 Å². The summed E-state index contributed by atoms with van der Waals surface area (Å²) in [6.45, 7) is 9.55. The minimum atomic E-state index is -1.15. The van der Waals surface area contributed by atoms with E-state index in [-0.39, 0.29) is 0 Å². The van der Waals surface area contributed by atoms with Gasteiger partial charge >= 0.3 is 5.97 Å². The fraction of sp³-hybridized carbons (Fsp3) is 0.258. The van der Waals surface area contributed by atoms with Crippen LogP contribution in [0.25, 0.3) is 43.0 Å². The molecule has 6 nitrogen and oxygen atoms in total. The molecule has 39 heavy (non-hydrogen) atoms. The van der Waals surface area contributed by atoms with Gasteiger partial charge in [0.25, 0.3) is 0 Å². The van der Waals surface area contributed by atoms with Gasteiger partial charge in [0.15, 0.2) is 6.10 Å². The van der Waals surface area contributed by atoms with Gasteiger partial charge in [-0.2, -0.15) is 5.10 Å². The zero-order chi connectivity index (χ0) is 28.1. The number of rotatable bonds is 6. The molecule has 5 aromatic rings. The molecule has 0 fully saturated rings. The fourth-order valence-electron chi connectivity index (χ4n) is 4.76. The normalized spacial score (nSPS) is 12.7. The summed E-state index contributed by atoms with van der Waals surface area (Å²) in [4.78, 5) is 17.6. The number of nitrogens with zero attached hydrogens (tertiary/aromatic N) is 3. The SMILES string of the molecule is Cc1cc2nc(-c3cccc(-c4cnn(C)c4C)c3)sc2c(-c2ccc(Cl)cc2)c1C(OC(C)(C)C)C(=O)O. The van der Waals surface area contributed by atoms with Crippen LogP contribution in [-0.4, -0.2) is 31.4 Å². The van der Waals surface area contributed by atoms with Crippen molar-refractivity contribution in [3.63, 3.8) is 0 Å². The number of benzene rings is 3. The maximum absolute atomic E-state index is 12.6. The maximum Gasteiger partial charge on any atom is 0.337 e. The van der Waals surface area contributed by atoms with Crippen molar-refractivity contribution in [2.75, 3.05) is 0 Å². The van der Waals surface area contributed by atoms with E-state index in [9.17, 15) is 9.90 Å². The lowest BCUT2D eigenvalue weighted by atomic mass is 9.91. The fourth-order valence-corrected chi connectivity index (χ4v) is 6.01. The lowest BCUT2D eigenvalue weighted by Crippen LogP contribution is -2.28. The molecule has 200 valence electrons. The Morgan fingerprint density at radius 3 is 2.36 bits per heavy atom. The summed E-state index contributed by atoms with van der Waals surface area (Å²) in [6, 6.07) is 17.7. The highest BCUT2D eigenvalue weighted by molar-refractivity contribution is 7.22. The predicted octanol–water partition coefficient (Wildman–Crippen LogP) is 8.24. The number of hydrogen-bond acceptors (Lipinski definition) is 5. The third kappa shape index (κ3) is 5.35. The van der Waals surface area contributed by atoms with E-state index in [0.717, 1.165) is 54.3 Å². The maximum atomic E-state index is 12.6. The van der Waals surface area contributed by atoms with Gasteiger partial charge in [0, 0.05) is 40.0 Å². The highest BCUT2D eigenvalue weighted by atomic mass is 35.5. The van der Waals surface area contributed by atoms with E-state index in [2.05, 4.69) is 17.2 Å². The van der Waals surface area contributed by atoms with Crippen LogP contribution < -0.4 is 0 Å². The molecule has 0 spiro atoms. The Morgan fingerprint density at radius 1 is 1.05 bits per heavy atom. The number of ether oxygens (including phenoxy) is 1. The molecular formula is C31H30ClN3O3S. The van der Waals surface area contributed by atoms with Crippen LogP contribution in [0.3, 0.4) is 0 Å². The second kappa shape index (κ2) is 10.2. The van der Waals surface area contributed by atoms with Gasteiger partial charge < -0.3 is 9.84 Å². The quantitative estimate of drug-likeness (QED) is 0.227. The third-order valence-electron chi connectivity index (χ3n) is 6.67. The molecule has 0 aliphatic carbocycles. The van der Waals surface area contributed by atoms with Crippen molar-refractivity contribution in [1.29, 1.82) is 0 Å². The second-order valence-electron chi connectivity index (χ2n) is 10.7. The molecule has 2 aromatic heterocycles. The molecule has 0 amide bonds. The van der Waals surface area contributed by atoms with E-state index in [1.54, 1.807) is 11.3 Å². The van der Waals surface area contributed by atoms with Crippen LogP contribution in [0, 0.1) is 13.8 Å². The van der Waals surface area contributed by atoms with Crippen LogP contribution in [0.4, 0.5) is 0 Å². The van der Waals surface area contributed by atoms with Crippen molar-refractivity contribution in [1.82, 2.24) is 14.8 Å². The average Bonchev–Trinajstić information content (AvgIpc) is 3.45.